The monoisotopic (exact) mass is 197 g/mol. The van der Waals surface area contributed by atoms with Crippen molar-refractivity contribution in [1.82, 2.24) is 14.8 Å². The van der Waals surface area contributed by atoms with Gasteiger partial charge in [0.1, 0.15) is 11.6 Å². The van der Waals surface area contributed by atoms with E-state index in [-0.39, 0.29) is 5.92 Å². The minimum Gasteiger partial charge on any atom is -0.388 e. The number of aryl methyl sites for hydroxylation is 2. The molecule has 0 saturated carbocycles. The number of rotatable bonds is 3. The number of hydrogen-bond acceptors (Lipinski definition) is 3. The Balaban J connectivity index is 2.83. The highest BCUT2D eigenvalue weighted by Gasteiger charge is 2.26. The van der Waals surface area contributed by atoms with Gasteiger partial charge in [0.15, 0.2) is 0 Å². The SMILES string of the molecule is Cc1nc(C)n(CC(C)(O)C(C)C)n1. The molecule has 0 fully saturated rings. The average molecular weight is 197 g/mol. The summed E-state index contributed by atoms with van der Waals surface area (Å²) in [6, 6.07) is 0. The van der Waals surface area contributed by atoms with Gasteiger partial charge in [0.25, 0.3) is 0 Å². The molecule has 1 rings (SSSR count). The Hall–Kier alpha value is -0.900. The third kappa shape index (κ3) is 2.32. The minimum atomic E-state index is -0.731. The molecule has 0 spiro atoms. The Bertz CT molecular complexity index is 315. The van der Waals surface area contributed by atoms with Crippen LogP contribution in [0.3, 0.4) is 0 Å². The first kappa shape index (κ1) is 11.2. The van der Waals surface area contributed by atoms with Crippen LogP contribution in [-0.4, -0.2) is 25.5 Å². The maximum absolute atomic E-state index is 10.1. The number of aliphatic hydroxyl groups is 1. The van der Waals surface area contributed by atoms with Gasteiger partial charge in [-0.05, 0) is 26.7 Å². The first-order chi connectivity index (χ1) is 6.33. The highest BCUT2D eigenvalue weighted by Crippen LogP contribution is 2.18. The Morgan fingerprint density at radius 3 is 2.36 bits per heavy atom. The summed E-state index contributed by atoms with van der Waals surface area (Å²) >= 11 is 0. The van der Waals surface area contributed by atoms with Crippen LogP contribution < -0.4 is 0 Å². The lowest BCUT2D eigenvalue weighted by Gasteiger charge is -2.27. The second kappa shape index (κ2) is 3.69. The molecule has 1 aromatic heterocycles. The van der Waals surface area contributed by atoms with Gasteiger partial charge in [0, 0.05) is 0 Å². The van der Waals surface area contributed by atoms with Gasteiger partial charge in [-0.15, -0.1) is 0 Å². The first-order valence-corrected chi connectivity index (χ1v) is 4.93. The second-order valence-corrected chi connectivity index (χ2v) is 4.38. The quantitative estimate of drug-likeness (QED) is 0.794. The van der Waals surface area contributed by atoms with Crippen LogP contribution in [-0.2, 0) is 6.54 Å². The molecule has 0 bridgehead atoms. The van der Waals surface area contributed by atoms with Crippen molar-refractivity contribution in [2.24, 2.45) is 5.92 Å². The van der Waals surface area contributed by atoms with Crippen LogP contribution in [0.1, 0.15) is 32.4 Å². The van der Waals surface area contributed by atoms with Crippen LogP contribution in [0.2, 0.25) is 0 Å². The molecule has 1 N–H and O–H groups in total. The van der Waals surface area contributed by atoms with Crippen molar-refractivity contribution in [3.8, 4) is 0 Å². The van der Waals surface area contributed by atoms with E-state index in [1.165, 1.54) is 0 Å². The summed E-state index contributed by atoms with van der Waals surface area (Å²) in [6.45, 7) is 10.1. The summed E-state index contributed by atoms with van der Waals surface area (Å²) in [5, 5.41) is 14.3. The molecule has 14 heavy (non-hydrogen) atoms. The smallest absolute Gasteiger partial charge is 0.147 e. The van der Waals surface area contributed by atoms with E-state index in [0.717, 1.165) is 11.6 Å². The fourth-order valence-electron chi connectivity index (χ4n) is 1.20. The van der Waals surface area contributed by atoms with E-state index in [9.17, 15) is 5.11 Å². The molecule has 1 heterocycles. The lowest BCUT2D eigenvalue weighted by atomic mass is 9.93. The molecule has 0 aromatic carbocycles. The summed E-state index contributed by atoms with van der Waals surface area (Å²) in [4.78, 5) is 4.20. The van der Waals surface area contributed by atoms with Gasteiger partial charge in [-0.3, -0.25) is 0 Å². The molecule has 0 amide bonds. The zero-order valence-electron chi connectivity index (χ0n) is 9.57. The summed E-state index contributed by atoms with van der Waals surface area (Å²) in [7, 11) is 0. The normalized spacial score (nSPS) is 15.9. The molecule has 0 saturated heterocycles. The van der Waals surface area contributed by atoms with Gasteiger partial charge in [-0.25, -0.2) is 9.67 Å². The number of nitrogens with zero attached hydrogens (tertiary/aromatic N) is 3. The molecule has 1 atom stereocenters. The molecule has 4 heteroatoms. The van der Waals surface area contributed by atoms with Crippen molar-refractivity contribution in [2.45, 2.75) is 46.8 Å². The van der Waals surface area contributed by atoms with Crippen LogP contribution >= 0.6 is 0 Å². The van der Waals surface area contributed by atoms with Gasteiger partial charge >= 0.3 is 0 Å². The Labute approximate surface area is 85.0 Å². The van der Waals surface area contributed by atoms with E-state index in [1.807, 2.05) is 34.6 Å². The van der Waals surface area contributed by atoms with E-state index in [0.29, 0.717) is 6.54 Å². The van der Waals surface area contributed by atoms with Crippen LogP contribution in [0, 0.1) is 19.8 Å². The molecule has 0 aliphatic heterocycles. The van der Waals surface area contributed by atoms with E-state index in [2.05, 4.69) is 10.1 Å². The zero-order chi connectivity index (χ0) is 10.9. The Morgan fingerprint density at radius 1 is 1.43 bits per heavy atom. The number of hydrogen-bond donors (Lipinski definition) is 1. The third-order valence-electron chi connectivity index (χ3n) is 2.68. The zero-order valence-corrected chi connectivity index (χ0v) is 9.57. The van der Waals surface area contributed by atoms with Crippen molar-refractivity contribution < 1.29 is 5.11 Å². The van der Waals surface area contributed by atoms with Gasteiger partial charge in [-0.2, -0.15) is 5.10 Å². The van der Waals surface area contributed by atoms with Crippen molar-refractivity contribution in [1.29, 1.82) is 0 Å². The molecule has 0 radical (unpaired) electrons. The van der Waals surface area contributed by atoms with Crippen molar-refractivity contribution in [2.75, 3.05) is 0 Å². The van der Waals surface area contributed by atoms with Gasteiger partial charge in [0.05, 0.1) is 12.1 Å². The number of aromatic nitrogens is 3. The standard InChI is InChI=1S/C10H19N3O/c1-7(2)10(5,14)6-13-9(4)11-8(3)12-13/h7,14H,6H2,1-5H3. The highest BCUT2D eigenvalue weighted by molar-refractivity contribution is 4.90. The van der Waals surface area contributed by atoms with Crippen molar-refractivity contribution in [3.05, 3.63) is 11.6 Å². The third-order valence-corrected chi connectivity index (χ3v) is 2.68. The van der Waals surface area contributed by atoms with Gasteiger partial charge in [-0.1, -0.05) is 13.8 Å². The fourth-order valence-corrected chi connectivity index (χ4v) is 1.20. The van der Waals surface area contributed by atoms with Gasteiger partial charge in [0.2, 0.25) is 0 Å². The highest BCUT2D eigenvalue weighted by atomic mass is 16.3. The Kier molecular flexibility index (Phi) is 2.95. The van der Waals surface area contributed by atoms with E-state index in [4.69, 9.17) is 0 Å². The summed E-state index contributed by atoms with van der Waals surface area (Å²) in [5.74, 6) is 1.80. The first-order valence-electron chi connectivity index (χ1n) is 4.93. The largest absolute Gasteiger partial charge is 0.388 e. The summed E-state index contributed by atoms with van der Waals surface area (Å²) < 4.78 is 1.76. The second-order valence-electron chi connectivity index (χ2n) is 4.38. The predicted molar refractivity (Wildman–Crippen MR) is 55.0 cm³/mol. The summed E-state index contributed by atoms with van der Waals surface area (Å²) in [5.41, 5.74) is -0.731. The molecular weight excluding hydrogens is 178 g/mol. The molecule has 0 aliphatic carbocycles. The molecule has 1 unspecified atom stereocenters. The van der Waals surface area contributed by atoms with Gasteiger partial charge < -0.3 is 5.11 Å². The lowest BCUT2D eigenvalue weighted by molar-refractivity contribution is -0.00634. The average Bonchev–Trinajstić information content (AvgIpc) is 2.29. The molecule has 80 valence electrons. The molecule has 1 aromatic rings. The molecular formula is C10H19N3O. The minimum absolute atomic E-state index is 0.200. The topological polar surface area (TPSA) is 50.9 Å². The lowest BCUT2D eigenvalue weighted by Crippen LogP contribution is -2.36. The van der Waals surface area contributed by atoms with Crippen LogP contribution in [0.25, 0.3) is 0 Å². The van der Waals surface area contributed by atoms with E-state index >= 15 is 0 Å². The fraction of sp³-hybridized carbons (Fsp3) is 0.800. The van der Waals surface area contributed by atoms with E-state index in [1.54, 1.807) is 4.68 Å². The van der Waals surface area contributed by atoms with E-state index < -0.39 is 5.60 Å². The van der Waals surface area contributed by atoms with Crippen molar-refractivity contribution in [3.63, 3.8) is 0 Å². The predicted octanol–water partition coefficient (Wildman–Crippen LogP) is 1.30. The van der Waals surface area contributed by atoms with Crippen LogP contribution in [0.15, 0.2) is 0 Å². The van der Waals surface area contributed by atoms with Crippen LogP contribution in [0.5, 0.6) is 0 Å². The molecule has 0 aliphatic rings. The van der Waals surface area contributed by atoms with Crippen LogP contribution in [0.4, 0.5) is 0 Å². The molecule has 4 nitrogen and oxygen atoms in total. The Morgan fingerprint density at radius 2 is 2.00 bits per heavy atom. The summed E-state index contributed by atoms with van der Waals surface area (Å²) in [6.07, 6.45) is 0. The van der Waals surface area contributed by atoms with Crippen molar-refractivity contribution >= 4 is 0 Å². The maximum Gasteiger partial charge on any atom is 0.147 e. The maximum atomic E-state index is 10.1.